The Morgan fingerprint density at radius 1 is 1.55 bits per heavy atom. The first-order valence-corrected chi connectivity index (χ1v) is 7.51. The number of carbonyl (C=O) groups excluding carboxylic acids is 1. The summed E-state index contributed by atoms with van der Waals surface area (Å²) in [6, 6.07) is 4.64. The van der Waals surface area contributed by atoms with Gasteiger partial charge in [0.25, 0.3) is 0 Å². The summed E-state index contributed by atoms with van der Waals surface area (Å²) in [6.07, 6.45) is 0.337. The number of sulfonamides is 1. The maximum atomic E-state index is 12.0. The molecule has 6 nitrogen and oxygen atoms in total. The third-order valence-corrected chi connectivity index (χ3v) is 4.30. The lowest BCUT2D eigenvalue weighted by molar-refractivity contribution is 0.0601. The van der Waals surface area contributed by atoms with Crippen LogP contribution in [0, 0.1) is 11.3 Å². The fraction of sp³-hybridized carbons (Fsp3) is 0.333. The number of benzene rings is 1. The molecule has 0 spiro atoms. The van der Waals surface area contributed by atoms with Gasteiger partial charge in [0, 0.05) is 0 Å². The van der Waals surface area contributed by atoms with Crippen molar-refractivity contribution in [2.75, 3.05) is 7.11 Å². The Hall–Kier alpha value is -1.62. The normalized spacial score (nSPS) is 12.5. The fourth-order valence-corrected chi connectivity index (χ4v) is 2.97. The largest absolute Gasteiger partial charge is 0.465 e. The molecule has 0 heterocycles. The number of esters is 1. The highest BCUT2D eigenvalue weighted by Crippen LogP contribution is 2.21. The van der Waals surface area contributed by atoms with Crippen LogP contribution >= 0.6 is 11.6 Å². The summed E-state index contributed by atoms with van der Waals surface area (Å²) in [5, 5.41) is 8.74. The predicted molar refractivity (Wildman–Crippen MR) is 72.8 cm³/mol. The molecule has 0 fully saturated rings. The van der Waals surface area contributed by atoms with Crippen LogP contribution in [0.4, 0.5) is 0 Å². The van der Waals surface area contributed by atoms with E-state index in [1.54, 1.807) is 6.92 Å². The minimum absolute atomic E-state index is 0.0373. The molecule has 0 aromatic heterocycles. The van der Waals surface area contributed by atoms with Crippen LogP contribution in [0.2, 0.25) is 5.02 Å². The lowest BCUT2D eigenvalue weighted by Crippen LogP contribution is -2.33. The van der Waals surface area contributed by atoms with Gasteiger partial charge in [-0.2, -0.15) is 9.98 Å². The van der Waals surface area contributed by atoms with E-state index < -0.39 is 22.0 Å². The van der Waals surface area contributed by atoms with Gasteiger partial charge < -0.3 is 4.74 Å². The van der Waals surface area contributed by atoms with Crippen molar-refractivity contribution in [2.24, 2.45) is 0 Å². The van der Waals surface area contributed by atoms with Gasteiger partial charge in [-0.15, -0.1) is 0 Å². The zero-order valence-electron chi connectivity index (χ0n) is 10.9. The average Bonchev–Trinajstić information content (AvgIpc) is 2.43. The number of hydrogen-bond donors (Lipinski definition) is 1. The van der Waals surface area contributed by atoms with Gasteiger partial charge in [-0.05, 0) is 24.6 Å². The van der Waals surface area contributed by atoms with Crippen LogP contribution in [0.3, 0.4) is 0 Å². The molecule has 1 aromatic rings. The van der Waals surface area contributed by atoms with Gasteiger partial charge in [0.05, 0.1) is 28.7 Å². The molecule has 0 bridgehead atoms. The summed E-state index contributed by atoms with van der Waals surface area (Å²) < 4.78 is 30.8. The monoisotopic (exact) mass is 316 g/mol. The molecule has 1 atom stereocenters. The first-order chi connectivity index (χ1) is 9.35. The first kappa shape index (κ1) is 16.4. The Balaban J connectivity index is 3.13. The molecule has 0 saturated carbocycles. The summed E-state index contributed by atoms with van der Waals surface area (Å²) in [4.78, 5) is 11.2. The molecular formula is C12H13ClN2O4S. The van der Waals surface area contributed by atoms with E-state index >= 15 is 0 Å². The molecule has 0 saturated heterocycles. The Morgan fingerprint density at radius 2 is 2.20 bits per heavy atom. The minimum Gasteiger partial charge on any atom is -0.465 e. The Kier molecular flexibility index (Phi) is 5.51. The van der Waals surface area contributed by atoms with Crippen LogP contribution in [0.25, 0.3) is 0 Å². The SMILES string of the molecule is CC[C@H](C#N)NS(=O)(=O)c1ccc(C(=O)OC)c(Cl)c1. The van der Waals surface area contributed by atoms with Gasteiger partial charge in [-0.25, -0.2) is 13.2 Å². The lowest BCUT2D eigenvalue weighted by atomic mass is 10.2. The molecule has 8 heteroatoms. The van der Waals surface area contributed by atoms with E-state index in [4.69, 9.17) is 16.9 Å². The second kappa shape index (κ2) is 6.70. The van der Waals surface area contributed by atoms with E-state index in [1.807, 2.05) is 6.07 Å². The molecule has 0 aliphatic heterocycles. The predicted octanol–water partition coefficient (Wildman–Crippen LogP) is 1.71. The fourth-order valence-electron chi connectivity index (χ4n) is 1.39. The lowest BCUT2D eigenvalue weighted by Gasteiger charge is -2.11. The number of nitrogens with one attached hydrogen (secondary N) is 1. The Labute approximate surface area is 122 Å². The Morgan fingerprint density at radius 3 is 2.65 bits per heavy atom. The molecule has 1 aromatic carbocycles. The third-order valence-electron chi connectivity index (χ3n) is 2.52. The average molecular weight is 317 g/mol. The number of methoxy groups -OCH3 is 1. The summed E-state index contributed by atoms with van der Waals surface area (Å²) in [7, 11) is -2.67. The number of carbonyl (C=O) groups is 1. The van der Waals surface area contributed by atoms with Crippen molar-refractivity contribution in [3.8, 4) is 6.07 Å². The standard InChI is InChI=1S/C12H13ClN2O4S/c1-3-8(7-14)15-20(17,18)9-4-5-10(11(13)6-9)12(16)19-2/h4-6,8,15H,3H2,1-2H3/t8-/m1/s1. The molecule has 0 aliphatic rings. The van der Waals surface area contributed by atoms with E-state index in [0.29, 0.717) is 6.42 Å². The van der Waals surface area contributed by atoms with Crippen molar-refractivity contribution in [2.45, 2.75) is 24.3 Å². The maximum Gasteiger partial charge on any atom is 0.339 e. The van der Waals surface area contributed by atoms with Crippen LogP contribution in [0.1, 0.15) is 23.7 Å². The third kappa shape index (κ3) is 3.70. The second-order valence-corrected chi connectivity index (χ2v) is 5.97. The van der Waals surface area contributed by atoms with Gasteiger partial charge in [0.1, 0.15) is 6.04 Å². The van der Waals surface area contributed by atoms with Gasteiger partial charge in [-0.3, -0.25) is 0 Å². The summed E-state index contributed by atoms with van der Waals surface area (Å²) >= 11 is 5.86. The molecule has 20 heavy (non-hydrogen) atoms. The number of ether oxygens (including phenoxy) is 1. The zero-order valence-corrected chi connectivity index (χ0v) is 12.5. The number of rotatable bonds is 5. The van der Waals surface area contributed by atoms with E-state index in [1.165, 1.54) is 19.2 Å². The maximum absolute atomic E-state index is 12.0. The summed E-state index contributed by atoms with van der Waals surface area (Å²) in [5.74, 6) is -0.657. The van der Waals surface area contributed by atoms with E-state index in [-0.39, 0.29) is 15.5 Å². The summed E-state index contributed by atoms with van der Waals surface area (Å²) in [5.41, 5.74) is 0.0699. The van der Waals surface area contributed by atoms with Crippen molar-refractivity contribution in [3.63, 3.8) is 0 Å². The zero-order chi connectivity index (χ0) is 15.3. The molecule has 1 N–H and O–H groups in total. The Bertz CT molecular complexity index is 652. The van der Waals surface area contributed by atoms with Gasteiger partial charge >= 0.3 is 5.97 Å². The first-order valence-electron chi connectivity index (χ1n) is 5.65. The molecule has 0 amide bonds. The van der Waals surface area contributed by atoms with Crippen molar-refractivity contribution in [1.29, 1.82) is 5.26 Å². The van der Waals surface area contributed by atoms with Crippen molar-refractivity contribution >= 4 is 27.6 Å². The van der Waals surface area contributed by atoms with Crippen LogP contribution in [-0.2, 0) is 14.8 Å². The number of hydrogen-bond acceptors (Lipinski definition) is 5. The molecule has 108 valence electrons. The highest BCUT2D eigenvalue weighted by Gasteiger charge is 2.21. The van der Waals surface area contributed by atoms with Crippen molar-refractivity contribution in [1.82, 2.24) is 4.72 Å². The number of nitrogens with zero attached hydrogens (tertiary/aromatic N) is 1. The highest BCUT2D eigenvalue weighted by molar-refractivity contribution is 7.89. The smallest absolute Gasteiger partial charge is 0.339 e. The van der Waals surface area contributed by atoms with Crippen LogP contribution < -0.4 is 4.72 Å². The highest BCUT2D eigenvalue weighted by atomic mass is 35.5. The van der Waals surface area contributed by atoms with Crippen molar-refractivity contribution < 1.29 is 17.9 Å². The van der Waals surface area contributed by atoms with E-state index in [9.17, 15) is 13.2 Å². The van der Waals surface area contributed by atoms with Crippen molar-refractivity contribution in [3.05, 3.63) is 28.8 Å². The molecule has 1 rings (SSSR count). The van der Waals surface area contributed by atoms with Crippen LogP contribution in [0.15, 0.2) is 23.1 Å². The van der Waals surface area contributed by atoms with Gasteiger partial charge in [0.2, 0.25) is 10.0 Å². The van der Waals surface area contributed by atoms with E-state index in [2.05, 4.69) is 9.46 Å². The molecule has 0 aliphatic carbocycles. The van der Waals surface area contributed by atoms with Crippen LogP contribution in [0.5, 0.6) is 0 Å². The van der Waals surface area contributed by atoms with E-state index in [0.717, 1.165) is 6.07 Å². The van der Waals surface area contributed by atoms with Crippen LogP contribution in [-0.4, -0.2) is 27.5 Å². The topological polar surface area (TPSA) is 96.3 Å². The quantitative estimate of drug-likeness (QED) is 0.834. The minimum atomic E-state index is -3.86. The van der Waals surface area contributed by atoms with Gasteiger partial charge in [-0.1, -0.05) is 18.5 Å². The number of halogens is 1. The molecule has 0 radical (unpaired) electrons. The number of nitriles is 1. The summed E-state index contributed by atoms with van der Waals surface area (Å²) in [6.45, 7) is 1.68. The molecule has 0 unspecified atom stereocenters. The second-order valence-electron chi connectivity index (χ2n) is 3.84. The molecular weight excluding hydrogens is 304 g/mol. The van der Waals surface area contributed by atoms with Gasteiger partial charge in [0.15, 0.2) is 0 Å².